The van der Waals surface area contributed by atoms with Crippen LogP contribution in [0, 0.1) is 16.0 Å². The molecule has 21 heavy (non-hydrogen) atoms. The van der Waals surface area contributed by atoms with Gasteiger partial charge >= 0.3 is 0 Å². The van der Waals surface area contributed by atoms with Gasteiger partial charge in [0.05, 0.1) is 11.5 Å². The van der Waals surface area contributed by atoms with Gasteiger partial charge in [-0.2, -0.15) is 0 Å². The number of nitrogens with zero attached hydrogens (tertiary/aromatic N) is 1. The Bertz CT molecular complexity index is 459. The monoisotopic (exact) mass is 292 g/mol. The second-order valence-corrected chi connectivity index (χ2v) is 5.63. The van der Waals surface area contributed by atoms with Crippen molar-refractivity contribution in [2.24, 2.45) is 5.92 Å². The van der Waals surface area contributed by atoms with Crippen molar-refractivity contribution in [2.75, 3.05) is 19.8 Å². The summed E-state index contributed by atoms with van der Waals surface area (Å²) >= 11 is 0. The highest BCUT2D eigenvalue weighted by molar-refractivity contribution is 5.40. The van der Waals surface area contributed by atoms with Gasteiger partial charge in [0.1, 0.15) is 0 Å². The second-order valence-electron chi connectivity index (χ2n) is 5.63. The van der Waals surface area contributed by atoms with E-state index in [1.807, 2.05) is 12.1 Å². The van der Waals surface area contributed by atoms with E-state index in [0.29, 0.717) is 12.3 Å². The molecule has 2 rings (SSSR count). The average Bonchev–Trinajstić information content (AvgIpc) is 2.52. The van der Waals surface area contributed by atoms with Crippen molar-refractivity contribution in [3.63, 3.8) is 0 Å². The fourth-order valence-electron chi connectivity index (χ4n) is 2.92. The Hall–Kier alpha value is -1.46. The van der Waals surface area contributed by atoms with Gasteiger partial charge in [0.15, 0.2) is 0 Å². The average molecular weight is 292 g/mol. The lowest BCUT2D eigenvalue weighted by molar-refractivity contribution is -0.385. The first-order chi connectivity index (χ1) is 10.2. The summed E-state index contributed by atoms with van der Waals surface area (Å²) in [6, 6.07) is 7.29. The first-order valence-electron chi connectivity index (χ1n) is 7.75. The molecule has 0 amide bonds. The fraction of sp³-hybridized carbons (Fsp3) is 0.625. The van der Waals surface area contributed by atoms with E-state index in [-0.39, 0.29) is 16.7 Å². The van der Waals surface area contributed by atoms with Crippen LogP contribution in [0.3, 0.4) is 0 Å². The predicted molar refractivity (Wildman–Crippen MR) is 82.4 cm³/mol. The van der Waals surface area contributed by atoms with Crippen LogP contribution in [-0.2, 0) is 11.2 Å². The number of hydrogen-bond donors (Lipinski definition) is 1. The molecular weight excluding hydrogens is 268 g/mol. The molecule has 1 fully saturated rings. The van der Waals surface area contributed by atoms with Gasteiger partial charge in [-0.15, -0.1) is 0 Å². The molecule has 0 aromatic heterocycles. The smallest absolute Gasteiger partial charge is 0.272 e. The van der Waals surface area contributed by atoms with Crippen LogP contribution < -0.4 is 5.32 Å². The van der Waals surface area contributed by atoms with E-state index in [9.17, 15) is 10.1 Å². The molecule has 2 unspecified atom stereocenters. The fourth-order valence-corrected chi connectivity index (χ4v) is 2.92. The van der Waals surface area contributed by atoms with E-state index in [1.54, 1.807) is 12.1 Å². The number of nitro benzene ring substituents is 1. The van der Waals surface area contributed by atoms with Gasteiger partial charge < -0.3 is 10.1 Å². The molecule has 0 radical (unpaired) electrons. The number of para-hydroxylation sites is 1. The Labute approximate surface area is 125 Å². The summed E-state index contributed by atoms with van der Waals surface area (Å²) in [5, 5.41) is 14.7. The lowest BCUT2D eigenvalue weighted by Gasteiger charge is -2.31. The number of rotatable bonds is 7. The zero-order valence-electron chi connectivity index (χ0n) is 12.6. The standard InChI is InChI=1S/C16H24N2O3/c1-2-9-17-15(14-7-5-10-21-12-14)11-13-6-3-4-8-16(13)18(19)20/h3-4,6,8,14-15,17H,2,5,7,9-12H2,1H3. The molecule has 5 heteroatoms. The van der Waals surface area contributed by atoms with E-state index in [2.05, 4.69) is 12.2 Å². The van der Waals surface area contributed by atoms with Crippen LogP contribution in [0.4, 0.5) is 5.69 Å². The first kappa shape index (κ1) is 15.9. The van der Waals surface area contributed by atoms with Crippen LogP contribution in [0.15, 0.2) is 24.3 Å². The van der Waals surface area contributed by atoms with Gasteiger partial charge in [0.2, 0.25) is 0 Å². The minimum absolute atomic E-state index is 0.220. The Morgan fingerprint density at radius 1 is 1.48 bits per heavy atom. The zero-order chi connectivity index (χ0) is 15.1. The maximum atomic E-state index is 11.2. The first-order valence-corrected chi connectivity index (χ1v) is 7.75. The molecule has 1 saturated heterocycles. The van der Waals surface area contributed by atoms with Gasteiger partial charge in [-0.3, -0.25) is 10.1 Å². The van der Waals surface area contributed by atoms with Crippen molar-refractivity contribution < 1.29 is 9.66 Å². The summed E-state index contributed by atoms with van der Waals surface area (Å²) in [4.78, 5) is 10.9. The number of hydrogen-bond acceptors (Lipinski definition) is 4. The Kier molecular flexibility index (Phi) is 6.14. The van der Waals surface area contributed by atoms with Crippen LogP contribution >= 0.6 is 0 Å². The molecule has 1 heterocycles. The summed E-state index contributed by atoms with van der Waals surface area (Å²) in [7, 11) is 0. The third kappa shape index (κ3) is 4.51. The summed E-state index contributed by atoms with van der Waals surface area (Å²) in [6.07, 6.45) is 3.94. The van der Waals surface area contributed by atoms with Crippen molar-refractivity contribution in [3.05, 3.63) is 39.9 Å². The number of nitrogens with one attached hydrogen (secondary N) is 1. The molecule has 0 spiro atoms. The van der Waals surface area contributed by atoms with E-state index >= 15 is 0 Å². The van der Waals surface area contributed by atoms with Crippen LogP contribution in [0.2, 0.25) is 0 Å². The quantitative estimate of drug-likeness (QED) is 0.620. The lowest BCUT2D eigenvalue weighted by Crippen LogP contribution is -2.42. The topological polar surface area (TPSA) is 64.4 Å². The Morgan fingerprint density at radius 2 is 2.29 bits per heavy atom. The summed E-state index contributed by atoms with van der Waals surface area (Å²) < 4.78 is 5.58. The van der Waals surface area contributed by atoms with E-state index in [1.165, 1.54) is 0 Å². The molecule has 1 aliphatic rings. The molecule has 1 aromatic carbocycles. The molecule has 5 nitrogen and oxygen atoms in total. The SMILES string of the molecule is CCCNC(Cc1ccccc1[N+](=O)[O-])C1CCCOC1. The molecule has 0 bridgehead atoms. The van der Waals surface area contributed by atoms with Crippen LogP contribution in [0.1, 0.15) is 31.7 Å². The molecule has 0 saturated carbocycles. The highest BCUT2D eigenvalue weighted by Crippen LogP contribution is 2.25. The van der Waals surface area contributed by atoms with Crippen molar-refractivity contribution in [2.45, 2.75) is 38.6 Å². The summed E-state index contributed by atoms with van der Waals surface area (Å²) in [5.41, 5.74) is 1.03. The molecular formula is C16H24N2O3. The third-order valence-corrected chi connectivity index (χ3v) is 4.05. The molecule has 1 N–H and O–H groups in total. The van der Waals surface area contributed by atoms with Gasteiger partial charge in [0.25, 0.3) is 5.69 Å². The van der Waals surface area contributed by atoms with Crippen molar-refractivity contribution >= 4 is 5.69 Å². The number of ether oxygens (including phenoxy) is 1. The van der Waals surface area contributed by atoms with Gasteiger partial charge in [-0.25, -0.2) is 0 Å². The molecule has 116 valence electrons. The third-order valence-electron chi connectivity index (χ3n) is 4.05. The van der Waals surface area contributed by atoms with Gasteiger partial charge in [0, 0.05) is 24.3 Å². The molecule has 1 aliphatic heterocycles. The highest BCUT2D eigenvalue weighted by atomic mass is 16.6. The maximum Gasteiger partial charge on any atom is 0.272 e. The molecule has 1 aromatic rings. The summed E-state index contributed by atoms with van der Waals surface area (Å²) in [6.45, 7) is 4.65. The summed E-state index contributed by atoms with van der Waals surface area (Å²) in [5.74, 6) is 0.435. The minimum atomic E-state index is -0.288. The largest absolute Gasteiger partial charge is 0.381 e. The van der Waals surface area contributed by atoms with E-state index < -0.39 is 0 Å². The van der Waals surface area contributed by atoms with Crippen molar-refractivity contribution in [1.82, 2.24) is 5.32 Å². The van der Waals surface area contributed by atoms with Crippen LogP contribution in [-0.4, -0.2) is 30.7 Å². The van der Waals surface area contributed by atoms with E-state index in [0.717, 1.165) is 44.6 Å². The van der Waals surface area contributed by atoms with Crippen LogP contribution in [0.5, 0.6) is 0 Å². The van der Waals surface area contributed by atoms with E-state index in [4.69, 9.17) is 4.74 Å². The molecule has 0 aliphatic carbocycles. The number of nitro groups is 1. The highest BCUT2D eigenvalue weighted by Gasteiger charge is 2.26. The second kappa shape index (κ2) is 8.10. The zero-order valence-corrected chi connectivity index (χ0v) is 12.6. The molecule has 2 atom stereocenters. The normalized spacial score (nSPS) is 20.1. The number of benzene rings is 1. The van der Waals surface area contributed by atoms with Crippen LogP contribution in [0.25, 0.3) is 0 Å². The maximum absolute atomic E-state index is 11.2. The lowest BCUT2D eigenvalue weighted by atomic mass is 9.88. The van der Waals surface area contributed by atoms with Gasteiger partial charge in [-0.05, 0) is 38.1 Å². The van der Waals surface area contributed by atoms with Crippen molar-refractivity contribution in [3.8, 4) is 0 Å². The van der Waals surface area contributed by atoms with Crippen molar-refractivity contribution in [1.29, 1.82) is 0 Å². The minimum Gasteiger partial charge on any atom is -0.381 e. The Balaban J connectivity index is 2.12. The Morgan fingerprint density at radius 3 is 2.95 bits per heavy atom. The predicted octanol–water partition coefficient (Wildman–Crippen LogP) is 2.93. The van der Waals surface area contributed by atoms with Gasteiger partial charge in [-0.1, -0.05) is 25.1 Å².